The minimum atomic E-state index is -0.692. The fourth-order valence-corrected chi connectivity index (χ4v) is 1.70. The molecule has 0 saturated carbocycles. The fraction of sp³-hybridized carbons (Fsp3) is 0.263. The van der Waals surface area contributed by atoms with Crippen molar-refractivity contribution in [2.24, 2.45) is 0 Å². The molecule has 0 radical (unpaired) electrons. The molecule has 0 spiro atoms. The Hall–Kier alpha value is -2.82. The highest BCUT2D eigenvalue weighted by molar-refractivity contribution is 6.14. The van der Waals surface area contributed by atoms with Gasteiger partial charge in [0.2, 0.25) is 0 Å². The summed E-state index contributed by atoms with van der Waals surface area (Å²) >= 11 is 0. The molecule has 0 aliphatic heterocycles. The number of hydrogen-bond donors (Lipinski definition) is 1. The lowest BCUT2D eigenvalue weighted by Crippen LogP contribution is -2.18. The second kappa shape index (κ2) is 10.8. The van der Waals surface area contributed by atoms with Crippen LogP contribution in [0.5, 0.6) is 0 Å². The van der Waals surface area contributed by atoms with E-state index < -0.39 is 11.9 Å². The average molecular weight is 329 g/mol. The minimum Gasteiger partial charge on any atom is -0.462 e. The third-order valence-corrected chi connectivity index (χ3v) is 2.87. The monoisotopic (exact) mass is 329 g/mol. The molecular formula is C19H23NO4. The maximum Gasteiger partial charge on any atom is 0.345 e. The van der Waals surface area contributed by atoms with E-state index in [1.165, 1.54) is 11.6 Å². The number of anilines is 1. The van der Waals surface area contributed by atoms with Gasteiger partial charge in [0.15, 0.2) is 0 Å². The van der Waals surface area contributed by atoms with Gasteiger partial charge in [0.25, 0.3) is 0 Å². The van der Waals surface area contributed by atoms with Crippen molar-refractivity contribution in [1.29, 1.82) is 0 Å². The average Bonchev–Trinajstić information content (AvgIpc) is 2.56. The van der Waals surface area contributed by atoms with Gasteiger partial charge >= 0.3 is 11.9 Å². The van der Waals surface area contributed by atoms with Crippen LogP contribution in [0.3, 0.4) is 0 Å². The molecule has 0 aromatic heterocycles. The first-order valence-electron chi connectivity index (χ1n) is 7.79. The van der Waals surface area contributed by atoms with Crippen molar-refractivity contribution in [3.05, 3.63) is 65.9 Å². The molecule has 1 aromatic carbocycles. The van der Waals surface area contributed by atoms with Crippen LogP contribution in [0.25, 0.3) is 0 Å². The summed E-state index contributed by atoms with van der Waals surface area (Å²) in [6.07, 6.45) is 8.16. The van der Waals surface area contributed by atoms with E-state index in [0.717, 1.165) is 5.69 Å². The Morgan fingerprint density at radius 2 is 1.54 bits per heavy atom. The molecular weight excluding hydrogens is 306 g/mol. The summed E-state index contributed by atoms with van der Waals surface area (Å²) in [7, 11) is 0. The van der Waals surface area contributed by atoms with Crippen LogP contribution >= 0.6 is 0 Å². The number of allylic oxidation sites excluding steroid dienone is 4. The Bertz CT molecular complexity index is 607. The molecule has 0 fully saturated rings. The van der Waals surface area contributed by atoms with Gasteiger partial charge < -0.3 is 14.8 Å². The van der Waals surface area contributed by atoms with Crippen molar-refractivity contribution in [1.82, 2.24) is 0 Å². The number of nitrogens with one attached hydrogen (secondary N) is 1. The van der Waals surface area contributed by atoms with Gasteiger partial charge in [0.05, 0.1) is 13.2 Å². The van der Waals surface area contributed by atoms with Crippen LogP contribution in [0.1, 0.15) is 19.4 Å². The molecule has 24 heavy (non-hydrogen) atoms. The van der Waals surface area contributed by atoms with E-state index in [0.29, 0.717) is 0 Å². The summed E-state index contributed by atoms with van der Waals surface area (Å²) in [6.45, 7) is 5.77. The van der Waals surface area contributed by atoms with E-state index in [1.54, 1.807) is 38.3 Å². The molecule has 0 bridgehead atoms. The summed E-state index contributed by atoms with van der Waals surface area (Å²) in [5.74, 6) is -1.38. The summed E-state index contributed by atoms with van der Waals surface area (Å²) < 4.78 is 9.69. The van der Waals surface area contributed by atoms with Gasteiger partial charge in [0, 0.05) is 11.9 Å². The lowest BCUT2D eigenvalue weighted by atomic mass is 10.2. The summed E-state index contributed by atoms with van der Waals surface area (Å²) in [4.78, 5) is 23.5. The zero-order chi connectivity index (χ0) is 17.8. The Morgan fingerprint density at radius 3 is 2.08 bits per heavy atom. The Morgan fingerprint density at radius 1 is 0.958 bits per heavy atom. The molecule has 5 nitrogen and oxygen atoms in total. The molecule has 0 heterocycles. The summed E-state index contributed by atoms with van der Waals surface area (Å²) in [5, 5.41) is 3.11. The predicted octanol–water partition coefficient (Wildman–Crippen LogP) is 3.53. The molecule has 0 atom stereocenters. The van der Waals surface area contributed by atoms with Crippen molar-refractivity contribution in [3.63, 3.8) is 0 Å². The molecule has 0 unspecified atom stereocenters. The lowest BCUT2D eigenvalue weighted by molar-refractivity contribution is -0.146. The molecule has 5 heteroatoms. The first kappa shape index (κ1) is 19.2. The molecule has 0 aliphatic rings. The van der Waals surface area contributed by atoms with Crippen molar-refractivity contribution < 1.29 is 19.1 Å². The minimum absolute atomic E-state index is 0.130. The predicted molar refractivity (Wildman–Crippen MR) is 94.4 cm³/mol. The van der Waals surface area contributed by atoms with Crippen LogP contribution in [-0.4, -0.2) is 25.2 Å². The van der Waals surface area contributed by atoms with E-state index in [4.69, 9.17) is 9.47 Å². The van der Waals surface area contributed by atoms with Crippen LogP contribution in [0.2, 0.25) is 0 Å². The molecule has 1 N–H and O–H groups in total. The molecule has 0 aliphatic carbocycles. The smallest absolute Gasteiger partial charge is 0.345 e. The Kier molecular flexibility index (Phi) is 8.68. The number of carbonyl (C=O) groups is 2. The number of carbonyl (C=O) groups excluding carboxylic acids is 2. The van der Waals surface area contributed by atoms with E-state index in [1.807, 2.05) is 31.2 Å². The standard InChI is InChI=1S/C19H23NO4/c1-4-23-18(21)17(19(22)24-5-2)9-7-6-8-14-20-16-12-10-15(3)11-13-16/h6-14,20H,4-5H2,1-3H3/b7-6+,14-8+. The lowest BCUT2D eigenvalue weighted by Gasteiger charge is -2.05. The highest BCUT2D eigenvalue weighted by atomic mass is 16.6. The van der Waals surface area contributed by atoms with Crippen LogP contribution in [0.15, 0.2) is 60.3 Å². The highest BCUT2D eigenvalue weighted by Gasteiger charge is 2.19. The number of aryl methyl sites for hydroxylation is 1. The van der Waals surface area contributed by atoms with Crippen molar-refractivity contribution >= 4 is 17.6 Å². The molecule has 0 saturated heterocycles. The van der Waals surface area contributed by atoms with Crippen LogP contribution < -0.4 is 5.32 Å². The van der Waals surface area contributed by atoms with Crippen LogP contribution in [-0.2, 0) is 19.1 Å². The third-order valence-electron chi connectivity index (χ3n) is 2.87. The first-order valence-corrected chi connectivity index (χ1v) is 7.79. The molecule has 1 rings (SSSR count). The van der Waals surface area contributed by atoms with Crippen molar-refractivity contribution in [3.8, 4) is 0 Å². The number of ether oxygens (including phenoxy) is 2. The second-order valence-corrected chi connectivity index (χ2v) is 4.78. The fourth-order valence-electron chi connectivity index (χ4n) is 1.70. The Labute approximate surface area is 142 Å². The molecule has 0 amide bonds. The van der Waals surface area contributed by atoms with E-state index in [9.17, 15) is 9.59 Å². The van der Waals surface area contributed by atoms with Crippen molar-refractivity contribution in [2.75, 3.05) is 18.5 Å². The van der Waals surface area contributed by atoms with Crippen LogP contribution in [0, 0.1) is 6.92 Å². The van der Waals surface area contributed by atoms with Gasteiger partial charge in [0.1, 0.15) is 5.57 Å². The maximum atomic E-state index is 11.7. The first-order chi connectivity index (χ1) is 11.6. The summed E-state index contributed by atoms with van der Waals surface area (Å²) in [5.41, 5.74) is 2.04. The zero-order valence-electron chi connectivity index (χ0n) is 14.2. The number of hydrogen-bond acceptors (Lipinski definition) is 5. The van der Waals surface area contributed by atoms with Gasteiger partial charge in [-0.1, -0.05) is 29.8 Å². The topological polar surface area (TPSA) is 64.6 Å². The largest absolute Gasteiger partial charge is 0.462 e. The summed E-state index contributed by atoms with van der Waals surface area (Å²) in [6, 6.07) is 7.98. The van der Waals surface area contributed by atoms with E-state index in [2.05, 4.69) is 5.32 Å². The third kappa shape index (κ3) is 6.96. The highest BCUT2D eigenvalue weighted by Crippen LogP contribution is 2.08. The maximum absolute atomic E-state index is 11.7. The van der Waals surface area contributed by atoms with Crippen molar-refractivity contribution in [2.45, 2.75) is 20.8 Å². The van der Waals surface area contributed by atoms with Crippen LogP contribution in [0.4, 0.5) is 5.69 Å². The number of benzene rings is 1. The number of rotatable bonds is 8. The van der Waals surface area contributed by atoms with Gasteiger partial charge in [-0.05, 0) is 45.1 Å². The normalized spacial score (nSPS) is 10.6. The zero-order valence-corrected chi connectivity index (χ0v) is 14.2. The van der Waals surface area contributed by atoms with Gasteiger partial charge in [-0.25, -0.2) is 9.59 Å². The second-order valence-electron chi connectivity index (χ2n) is 4.78. The Balaban J connectivity index is 2.64. The SMILES string of the molecule is CCOC(=O)C(=C/C=C/C=C/Nc1ccc(C)cc1)C(=O)OCC. The quantitative estimate of drug-likeness (QED) is 0.260. The number of esters is 2. The molecule has 128 valence electrons. The van der Waals surface area contributed by atoms with E-state index in [-0.39, 0.29) is 18.8 Å². The molecule has 1 aromatic rings. The van der Waals surface area contributed by atoms with E-state index >= 15 is 0 Å². The van der Waals surface area contributed by atoms with Gasteiger partial charge in [-0.3, -0.25) is 0 Å². The van der Waals surface area contributed by atoms with Gasteiger partial charge in [-0.2, -0.15) is 0 Å². The van der Waals surface area contributed by atoms with Gasteiger partial charge in [-0.15, -0.1) is 0 Å².